The van der Waals surface area contributed by atoms with Gasteiger partial charge in [0.1, 0.15) is 11.4 Å². The van der Waals surface area contributed by atoms with Gasteiger partial charge in [0.25, 0.3) is 6.43 Å². The Kier molecular flexibility index (Phi) is 2.81. The molecule has 1 heterocycles. The van der Waals surface area contributed by atoms with E-state index in [2.05, 4.69) is 4.98 Å². The van der Waals surface area contributed by atoms with Gasteiger partial charge in [-0.1, -0.05) is 0 Å². The third-order valence-electron chi connectivity index (χ3n) is 1.34. The second kappa shape index (κ2) is 3.67. The van der Waals surface area contributed by atoms with Crippen molar-refractivity contribution in [2.24, 2.45) is 0 Å². The molecular formula is C7H6ClF2NO. The number of aromatic hydroxyl groups is 1. The minimum absolute atomic E-state index is 0.0823. The average Bonchev–Trinajstić information content (AvgIpc) is 2.03. The zero-order chi connectivity index (χ0) is 9.14. The summed E-state index contributed by atoms with van der Waals surface area (Å²) in [5, 5.41) is 8.88. The predicted molar refractivity (Wildman–Crippen MR) is 40.4 cm³/mol. The van der Waals surface area contributed by atoms with E-state index in [0.717, 1.165) is 6.20 Å². The topological polar surface area (TPSA) is 33.1 Å². The van der Waals surface area contributed by atoms with E-state index in [0.29, 0.717) is 0 Å². The van der Waals surface area contributed by atoms with Crippen molar-refractivity contribution in [3.8, 4) is 5.75 Å². The molecule has 0 saturated carbocycles. The number of hydrogen-bond donors (Lipinski definition) is 1. The van der Waals surface area contributed by atoms with Gasteiger partial charge in [-0.15, -0.1) is 11.6 Å². The molecule has 1 aromatic rings. The summed E-state index contributed by atoms with van der Waals surface area (Å²) in [4.78, 5) is 3.36. The fourth-order valence-corrected chi connectivity index (χ4v) is 1.03. The second-order valence-electron chi connectivity index (χ2n) is 2.17. The summed E-state index contributed by atoms with van der Waals surface area (Å²) in [6.45, 7) is 0. The van der Waals surface area contributed by atoms with E-state index in [1.165, 1.54) is 6.07 Å². The Hall–Kier alpha value is -0.900. The van der Waals surface area contributed by atoms with Crippen LogP contribution in [0.2, 0.25) is 0 Å². The maximum atomic E-state index is 12.1. The molecule has 0 fully saturated rings. The molecule has 0 bridgehead atoms. The molecule has 0 amide bonds. The van der Waals surface area contributed by atoms with Crippen LogP contribution in [0.1, 0.15) is 17.7 Å². The van der Waals surface area contributed by atoms with Gasteiger partial charge in [0.2, 0.25) is 0 Å². The molecule has 0 aromatic carbocycles. The van der Waals surface area contributed by atoms with Gasteiger partial charge < -0.3 is 5.11 Å². The van der Waals surface area contributed by atoms with Crippen LogP contribution in [0.3, 0.4) is 0 Å². The number of halogens is 3. The molecular weight excluding hydrogens is 188 g/mol. The second-order valence-corrected chi connectivity index (χ2v) is 2.44. The van der Waals surface area contributed by atoms with Crippen molar-refractivity contribution < 1.29 is 13.9 Å². The smallest absolute Gasteiger partial charge is 0.280 e. The highest BCUT2D eigenvalue weighted by Crippen LogP contribution is 2.24. The van der Waals surface area contributed by atoms with E-state index in [9.17, 15) is 8.78 Å². The molecule has 0 aliphatic rings. The first-order valence-corrected chi connectivity index (χ1v) is 3.70. The lowest BCUT2D eigenvalue weighted by atomic mass is 10.2. The number of aromatic nitrogens is 1. The number of pyridine rings is 1. The molecule has 12 heavy (non-hydrogen) atoms. The summed E-state index contributed by atoms with van der Waals surface area (Å²) < 4.78 is 24.3. The maximum Gasteiger partial charge on any atom is 0.280 e. The van der Waals surface area contributed by atoms with Gasteiger partial charge >= 0.3 is 0 Å². The Morgan fingerprint density at radius 1 is 1.58 bits per heavy atom. The first-order valence-electron chi connectivity index (χ1n) is 3.17. The minimum Gasteiger partial charge on any atom is -0.506 e. The van der Waals surface area contributed by atoms with E-state index >= 15 is 0 Å². The molecule has 1 rings (SSSR count). The van der Waals surface area contributed by atoms with Crippen LogP contribution in [0.5, 0.6) is 5.75 Å². The first-order chi connectivity index (χ1) is 5.65. The lowest BCUT2D eigenvalue weighted by Crippen LogP contribution is -1.95. The first kappa shape index (κ1) is 9.19. The predicted octanol–water partition coefficient (Wildman–Crippen LogP) is 2.46. The van der Waals surface area contributed by atoms with Crippen molar-refractivity contribution in [1.82, 2.24) is 4.98 Å². The molecule has 0 atom stereocenters. The molecule has 1 aromatic heterocycles. The van der Waals surface area contributed by atoms with Crippen molar-refractivity contribution in [3.05, 3.63) is 23.5 Å². The van der Waals surface area contributed by atoms with Crippen LogP contribution < -0.4 is 0 Å². The molecule has 0 radical (unpaired) electrons. The van der Waals surface area contributed by atoms with Crippen LogP contribution in [-0.2, 0) is 5.88 Å². The molecule has 0 aliphatic carbocycles. The van der Waals surface area contributed by atoms with Crippen molar-refractivity contribution in [3.63, 3.8) is 0 Å². The van der Waals surface area contributed by atoms with Gasteiger partial charge in [-0.3, -0.25) is 4.98 Å². The Balaban J connectivity index is 3.11. The maximum absolute atomic E-state index is 12.1. The lowest BCUT2D eigenvalue weighted by molar-refractivity contribution is 0.145. The van der Waals surface area contributed by atoms with Crippen LogP contribution in [0.25, 0.3) is 0 Å². The number of nitrogens with zero attached hydrogens (tertiary/aromatic N) is 1. The summed E-state index contributed by atoms with van der Waals surface area (Å²) in [5.74, 6) is -0.240. The molecule has 0 saturated heterocycles. The van der Waals surface area contributed by atoms with Crippen LogP contribution in [0.4, 0.5) is 8.78 Å². The summed E-state index contributed by atoms with van der Waals surface area (Å²) in [5.41, 5.74) is -0.213. The van der Waals surface area contributed by atoms with E-state index in [1.54, 1.807) is 0 Å². The number of hydrogen-bond acceptors (Lipinski definition) is 2. The third kappa shape index (κ3) is 1.82. The molecule has 2 nitrogen and oxygen atoms in total. The van der Waals surface area contributed by atoms with Gasteiger partial charge in [0.05, 0.1) is 6.20 Å². The molecule has 0 spiro atoms. The van der Waals surface area contributed by atoms with Gasteiger partial charge in [-0.2, -0.15) is 0 Å². The Bertz CT molecular complexity index is 280. The Morgan fingerprint density at radius 3 is 2.75 bits per heavy atom. The fourth-order valence-electron chi connectivity index (χ4n) is 0.812. The summed E-state index contributed by atoms with van der Waals surface area (Å²) >= 11 is 5.36. The summed E-state index contributed by atoms with van der Waals surface area (Å²) in [6, 6.07) is 1.18. The van der Waals surface area contributed by atoms with E-state index in [4.69, 9.17) is 16.7 Å². The van der Waals surface area contributed by atoms with Gasteiger partial charge in [0.15, 0.2) is 0 Å². The van der Waals surface area contributed by atoms with Crippen LogP contribution in [0.15, 0.2) is 12.3 Å². The quantitative estimate of drug-likeness (QED) is 0.732. The minimum atomic E-state index is -2.65. The molecule has 0 unspecified atom stereocenters. The summed E-state index contributed by atoms with van der Waals surface area (Å²) in [6.07, 6.45) is -1.68. The zero-order valence-corrected chi connectivity index (χ0v) is 6.72. The van der Waals surface area contributed by atoms with Gasteiger partial charge in [-0.25, -0.2) is 8.78 Å². The SMILES string of the molecule is Oc1cnc(C(F)F)c(CCl)c1. The Labute approximate surface area is 72.8 Å². The standard InChI is InChI=1S/C7H6ClF2NO/c8-2-4-1-5(12)3-11-6(4)7(9)10/h1,3,7,12H,2H2. The van der Waals surface area contributed by atoms with Gasteiger partial charge in [0, 0.05) is 5.88 Å². The molecule has 5 heteroatoms. The third-order valence-corrected chi connectivity index (χ3v) is 1.63. The number of rotatable bonds is 2. The number of alkyl halides is 3. The zero-order valence-electron chi connectivity index (χ0n) is 5.97. The van der Waals surface area contributed by atoms with Gasteiger partial charge in [-0.05, 0) is 11.6 Å². The monoisotopic (exact) mass is 193 g/mol. The average molecular weight is 194 g/mol. The largest absolute Gasteiger partial charge is 0.506 e. The van der Waals surface area contributed by atoms with E-state index in [1.807, 2.05) is 0 Å². The molecule has 66 valence electrons. The van der Waals surface area contributed by atoms with Crippen LogP contribution >= 0.6 is 11.6 Å². The highest BCUT2D eigenvalue weighted by atomic mass is 35.5. The van der Waals surface area contributed by atoms with E-state index in [-0.39, 0.29) is 22.9 Å². The highest BCUT2D eigenvalue weighted by molar-refractivity contribution is 6.17. The van der Waals surface area contributed by atoms with Crippen molar-refractivity contribution in [2.45, 2.75) is 12.3 Å². The normalized spacial score (nSPS) is 10.7. The molecule has 1 N–H and O–H groups in total. The van der Waals surface area contributed by atoms with Crippen LogP contribution in [0, 0.1) is 0 Å². The Morgan fingerprint density at radius 2 is 2.25 bits per heavy atom. The van der Waals surface area contributed by atoms with Crippen LogP contribution in [-0.4, -0.2) is 10.1 Å². The van der Waals surface area contributed by atoms with Crippen molar-refractivity contribution in [2.75, 3.05) is 0 Å². The van der Waals surface area contributed by atoms with Crippen molar-refractivity contribution in [1.29, 1.82) is 0 Å². The summed E-state index contributed by atoms with van der Waals surface area (Å²) in [7, 11) is 0. The molecule has 0 aliphatic heterocycles. The lowest BCUT2D eigenvalue weighted by Gasteiger charge is -2.04. The van der Waals surface area contributed by atoms with Crippen molar-refractivity contribution >= 4 is 11.6 Å². The van der Waals surface area contributed by atoms with E-state index < -0.39 is 6.43 Å². The highest BCUT2D eigenvalue weighted by Gasteiger charge is 2.14. The fraction of sp³-hybridized carbons (Fsp3) is 0.286.